The maximum absolute atomic E-state index is 12.9. The molecular formula is C20H14N4O2S2. The lowest BCUT2D eigenvalue weighted by Crippen LogP contribution is -2.13. The molecule has 0 radical (unpaired) electrons. The topological polar surface area (TPSA) is 76.4 Å². The van der Waals surface area contributed by atoms with E-state index < -0.39 is 10.0 Å². The van der Waals surface area contributed by atoms with Gasteiger partial charge in [0.05, 0.1) is 11.2 Å². The third-order valence-corrected chi connectivity index (χ3v) is 6.59. The molecular weight excluding hydrogens is 392 g/mol. The summed E-state index contributed by atoms with van der Waals surface area (Å²) in [5.74, 6) is 0. The minimum absolute atomic E-state index is 0.156. The molecule has 3 heterocycles. The lowest BCUT2D eigenvalue weighted by Gasteiger charge is -2.10. The zero-order chi connectivity index (χ0) is 19.1. The van der Waals surface area contributed by atoms with Crippen LogP contribution in [-0.2, 0) is 10.0 Å². The van der Waals surface area contributed by atoms with Gasteiger partial charge in [-0.15, -0.1) is 11.3 Å². The van der Waals surface area contributed by atoms with Crippen molar-refractivity contribution in [2.24, 2.45) is 0 Å². The quantitative estimate of drug-likeness (QED) is 0.480. The Labute approximate surface area is 165 Å². The normalized spacial score (nSPS) is 11.9. The molecule has 0 fully saturated rings. The zero-order valence-corrected chi connectivity index (χ0v) is 16.1. The first-order valence-corrected chi connectivity index (χ1v) is 10.9. The summed E-state index contributed by atoms with van der Waals surface area (Å²) in [6.07, 6.45) is 5.50. The molecule has 0 spiro atoms. The van der Waals surface area contributed by atoms with E-state index in [-0.39, 0.29) is 4.90 Å². The number of sulfonamides is 1. The third-order valence-electron chi connectivity index (χ3n) is 4.41. The van der Waals surface area contributed by atoms with Crippen LogP contribution in [0.3, 0.4) is 0 Å². The third kappa shape index (κ3) is 2.92. The monoisotopic (exact) mass is 406 g/mol. The van der Waals surface area contributed by atoms with E-state index in [0.717, 1.165) is 21.6 Å². The summed E-state index contributed by atoms with van der Waals surface area (Å²) in [7, 11) is -3.76. The van der Waals surface area contributed by atoms with E-state index in [1.54, 1.807) is 47.9 Å². The van der Waals surface area contributed by atoms with Gasteiger partial charge in [0.15, 0.2) is 4.96 Å². The van der Waals surface area contributed by atoms with Crippen LogP contribution in [0.25, 0.3) is 27.1 Å². The number of nitrogens with one attached hydrogen (secondary N) is 1. The molecule has 0 aliphatic carbocycles. The van der Waals surface area contributed by atoms with Crippen molar-refractivity contribution in [3.8, 4) is 11.3 Å². The molecule has 0 unspecified atom stereocenters. The smallest absolute Gasteiger partial charge is 0.264 e. The first-order chi connectivity index (χ1) is 13.6. The van der Waals surface area contributed by atoms with Crippen molar-refractivity contribution in [1.29, 1.82) is 0 Å². The van der Waals surface area contributed by atoms with Crippen LogP contribution in [0, 0.1) is 0 Å². The van der Waals surface area contributed by atoms with E-state index in [2.05, 4.69) is 14.7 Å². The van der Waals surface area contributed by atoms with Crippen LogP contribution in [0.1, 0.15) is 0 Å². The van der Waals surface area contributed by atoms with Crippen LogP contribution in [-0.4, -0.2) is 22.8 Å². The van der Waals surface area contributed by atoms with Crippen molar-refractivity contribution < 1.29 is 8.42 Å². The summed E-state index contributed by atoms with van der Waals surface area (Å²) in [6, 6.07) is 15.9. The zero-order valence-electron chi connectivity index (χ0n) is 14.5. The highest BCUT2D eigenvalue weighted by Gasteiger charge is 2.18. The Bertz CT molecular complexity index is 1370. The predicted molar refractivity (Wildman–Crippen MR) is 111 cm³/mol. The van der Waals surface area contributed by atoms with Crippen LogP contribution in [0.15, 0.2) is 83.5 Å². The number of fused-ring (bicyclic) bond motifs is 2. The summed E-state index contributed by atoms with van der Waals surface area (Å²) >= 11 is 1.57. The molecule has 6 nitrogen and oxygen atoms in total. The highest BCUT2D eigenvalue weighted by molar-refractivity contribution is 7.93. The summed E-state index contributed by atoms with van der Waals surface area (Å²) in [4.78, 5) is 9.87. The fraction of sp³-hybridized carbons (Fsp3) is 0. The van der Waals surface area contributed by atoms with Crippen LogP contribution < -0.4 is 4.72 Å². The molecule has 5 rings (SSSR count). The molecule has 0 bridgehead atoms. The molecule has 0 saturated heterocycles. The van der Waals surface area contributed by atoms with E-state index in [4.69, 9.17) is 0 Å². The Kier molecular flexibility index (Phi) is 3.88. The van der Waals surface area contributed by atoms with Crippen molar-refractivity contribution in [2.45, 2.75) is 4.90 Å². The van der Waals surface area contributed by atoms with E-state index in [1.165, 1.54) is 0 Å². The van der Waals surface area contributed by atoms with Crippen molar-refractivity contribution in [3.05, 3.63) is 78.6 Å². The van der Waals surface area contributed by atoms with Gasteiger partial charge < -0.3 is 0 Å². The first kappa shape index (κ1) is 16.9. The second-order valence-corrected chi connectivity index (χ2v) is 8.76. The molecule has 0 aliphatic rings. The van der Waals surface area contributed by atoms with Gasteiger partial charge in [0.2, 0.25) is 0 Å². The second-order valence-electron chi connectivity index (χ2n) is 6.23. The average Bonchev–Trinajstić information content (AvgIpc) is 3.30. The van der Waals surface area contributed by atoms with Crippen molar-refractivity contribution >= 4 is 42.9 Å². The number of nitrogens with zero attached hydrogens (tertiary/aromatic N) is 3. The first-order valence-electron chi connectivity index (χ1n) is 8.49. The van der Waals surface area contributed by atoms with Crippen LogP contribution >= 0.6 is 11.3 Å². The summed E-state index contributed by atoms with van der Waals surface area (Å²) in [5.41, 5.74) is 2.70. The van der Waals surface area contributed by atoms with Crippen LogP contribution in [0.5, 0.6) is 0 Å². The number of hydrogen-bond donors (Lipinski definition) is 1. The minimum atomic E-state index is -3.76. The van der Waals surface area contributed by atoms with Crippen LogP contribution in [0.4, 0.5) is 5.69 Å². The molecule has 8 heteroatoms. The number of thiazole rings is 1. The molecule has 0 saturated carbocycles. The van der Waals surface area contributed by atoms with E-state index in [1.807, 2.05) is 46.4 Å². The van der Waals surface area contributed by atoms with E-state index >= 15 is 0 Å². The number of imidazole rings is 1. The maximum atomic E-state index is 12.9. The average molecular weight is 406 g/mol. The van der Waals surface area contributed by atoms with Crippen molar-refractivity contribution in [3.63, 3.8) is 0 Å². The molecule has 0 atom stereocenters. The fourth-order valence-electron chi connectivity index (χ4n) is 3.08. The standard InChI is InChI=1S/C20H14N4O2S2/c25-28(26,18-5-1-3-15-4-2-10-21-19(15)18)23-16-8-6-14(7-9-16)17-13-24-11-12-27-20(24)22-17/h1-13,23H. The lowest BCUT2D eigenvalue weighted by molar-refractivity contribution is 0.602. The van der Waals surface area contributed by atoms with Crippen LogP contribution in [0.2, 0.25) is 0 Å². The van der Waals surface area contributed by atoms with Gasteiger partial charge in [-0.1, -0.05) is 30.3 Å². The van der Waals surface area contributed by atoms with Gasteiger partial charge in [-0.25, -0.2) is 13.4 Å². The molecule has 138 valence electrons. The van der Waals surface area contributed by atoms with Gasteiger partial charge in [-0.05, 0) is 24.3 Å². The lowest BCUT2D eigenvalue weighted by atomic mass is 10.1. The Morgan fingerprint density at radius 3 is 2.64 bits per heavy atom. The Hall–Kier alpha value is -3.23. The highest BCUT2D eigenvalue weighted by atomic mass is 32.2. The minimum Gasteiger partial charge on any atom is -0.297 e. The number of anilines is 1. The van der Waals surface area contributed by atoms with Gasteiger partial charge in [0, 0.05) is 40.6 Å². The molecule has 0 aliphatic heterocycles. The Morgan fingerprint density at radius 1 is 1.00 bits per heavy atom. The number of benzene rings is 2. The molecule has 5 aromatic rings. The SMILES string of the molecule is O=S(=O)(Nc1ccc(-c2cn3ccsc3n2)cc1)c1cccc2cccnc12. The summed E-state index contributed by atoms with van der Waals surface area (Å²) in [6.45, 7) is 0. The number of para-hydroxylation sites is 1. The Morgan fingerprint density at radius 2 is 1.82 bits per heavy atom. The predicted octanol–water partition coefficient (Wildman–Crippen LogP) is 4.41. The second kappa shape index (κ2) is 6.43. The molecule has 0 amide bonds. The van der Waals surface area contributed by atoms with Crippen molar-refractivity contribution in [2.75, 3.05) is 4.72 Å². The van der Waals surface area contributed by atoms with Gasteiger partial charge >= 0.3 is 0 Å². The number of hydrogen-bond acceptors (Lipinski definition) is 5. The van der Waals surface area contributed by atoms with Gasteiger partial charge in [0.25, 0.3) is 10.0 Å². The molecule has 2 aromatic carbocycles. The number of pyridine rings is 1. The fourth-order valence-corrected chi connectivity index (χ4v) is 5.02. The number of aromatic nitrogens is 3. The summed E-state index contributed by atoms with van der Waals surface area (Å²) < 4.78 is 30.4. The number of rotatable bonds is 4. The highest BCUT2D eigenvalue weighted by Crippen LogP contribution is 2.26. The molecule has 3 aromatic heterocycles. The van der Waals surface area contributed by atoms with E-state index in [9.17, 15) is 8.42 Å². The largest absolute Gasteiger partial charge is 0.297 e. The van der Waals surface area contributed by atoms with Gasteiger partial charge in [-0.3, -0.25) is 14.1 Å². The Balaban J connectivity index is 1.46. The molecule has 1 N–H and O–H groups in total. The maximum Gasteiger partial charge on any atom is 0.264 e. The summed E-state index contributed by atoms with van der Waals surface area (Å²) in [5, 5.41) is 2.76. The van der Waals surface area contributed by atoms with Gasteiger partial charge in [-0.2, -0.15) is 0 Å². The van der Waals surface area contributed by atoms with Crippen molar-refractivity contribution in [1.82, 2.24) is 14.4 Å². The van der Waals surface area contributed by atoms with Gasteiger partial charge in [0.1, 0.15) is 4.90 Å². The molecule has 28 heavy (non-hydrogen) atoms. The van der Waals surface area contributed by atoms with E-state index in [0.29, 0.717) is 11.2 Å².